The van der Waals surface area contributed by atoms with Crippen molar-refractivity contribution in [2.24, 2.45) is 0 Å². The lowest BCUT2D eigenvalue weighted by Crippen LogP contribution is -2.31. The molecule has 1 aliphatic rings. The summed E-state index contributed by atoms with van der Waals surface area (Å²) in [6.07, 6.45) is 2.16. The van der Waals surface area contributed by atoms with Crippen LogP contribution >= 0.6 is 11.3 Å². The molecular formula is C22H19N3O2S. The fraction of sp³-hybridized carbons (Fsp3) is 0.227. The summed E-state index contributed by atoms with van der Waals surface area (Å²) in [7, 11) is 0. The number of amides is 1. The van der Waals surface area contributed by atoms with Gasteiger partial charge in [-0.25, -0.2) is 9.97 Å². The Kier molecular flexibility index (Phi) is 4.50. The molecule has 1 N–H and O–H groups in total. The lowest BCUT2D eigenvalue weighted by Gasteiger charge is -2.12. The van der Waals surface area contributed by atoms with E-state index < -0.39 is 0 Å². The molecule has 1 saturated heterocycles. The quantitative estimate of drug-likeness (QED) is 0.561. The minimum Gasteiger partial charge on any atom is -0.376 e. The van der Waals surface area contributed by atoms with Crippen molar-refractivity contribution in [1.29, 1.82) is 0 Å². The molecule has 140 valence electrons. The van der Waals surface area contributed by atoms with Crippen LogP contribution in [0.5, 0.6) is 0 Å². The number of nitrogens with one attached hydrogen (secondary N) is 1. The number of carbonyl (C=O) groups excluding carboxylic acids is 1. The van der Waals surface area contributed by atoms with Crippen molar-refractivity contribution in [3.8, 4) is 10.7 Å². The summed E-state index contributed by atoms with van der Waals surface area (Å²) in [5.74, 6) is -0.100. The lowest BCUT2D eigenvalue weighted by atomic mass is 10.1. The van der Waals surface area contributed by atoms with Gasteiger partial charge in [-0.1, -0.05) is 30.3 Å². The average molecular weight is 389 g/mol. The van der Waals surface area contributed by atoms with Crippen molar-refractivity contribution in [3.63, 3.8) is 0 Å². The zero-order chi connectivity index (χ0) is 18.9. The maximum Gasteiger partial charge on any atom is 0.252 e. The van der Waals surface area contributed by atoms with Crippen molar-refractivity contribution in [2.75, 3.05) is 13.2 Å². The summed E-state index contributed by atoms with van der Waals surface area (Å²) in [6.45, 7) is 1.31. The number of hydrogen-bond donors (Lipinski definition) is 1. The maximum absolute atomic E-state index is 13.0. The molecule has 4 aromatic rings. The Balaban J connectivity index is 1.54. The van der Waals surface area contributed by atoms with E-state index in [4.69, 9.17) is 14.7 Å². The Bertz CT molecular complexity index is 1130. The van der Waals surface area contributed by atoms with Crippen LogP contribution in [0.2, 0.25) is 0 Å². The van der Waals surface area contributed by atoms with Gasteiger partial charge in [0.25, 0.3) is 5.91 Å². The summed E-state index contributed by atoms with van der Waals surface area (Å²) in [5, 5.41) is 4.69. The van der Waals surface area contributed by atoms with Crippen LogP contribution in [0.3, 0.4) is 0 Å². The number of aromatic nitrogens is 2. The molecule has 1 aliphatic heterocycles. The van der Waals surface area contributed by atoms with Gasteiger partial charge in [-0.3, -0.25) is 4.79 Å². The highest BCUT2D eigenvalue weighted by Gasteiger charge is 2.19. The zero-order valence-corrected chi connectivity index (χ0v) is 16.0. The molecule has 0 spiro atoms. The molecule has 1 amide bonds. The van der Waals surface area contributed by atoms with Gasteiger partial charge in [0.2, 0.25) is 0 Å². The van der Waals surface area contributed by atoms with Gasteiger partial charge in [-0.15, -0.1) is 11.3 Å². The molecule has 2 aromatic heterocycles. The molecule has 6 heteroatoms. The second-order valence-electron chi connectivity index (χ2n) is 6.90. The van der Waals surface area contributed by atoms with Crippen molar-refractivity contribution in [2.45, 2.75) is 18.9 Å². The minimum atomic E-state index is -0.100. The second-order valence-corrected chi connectivity index (χ2v) is 7.93. The molecule has 3 heterocycles. The number of thiazole rings is 1. The number of ether oxygens (including phenoxy) is 1. The number of pyridine rings is 1. The number of benzene rings is 2. The molecule has 0 radical (unpaired) electrons. The minimum absolute atomic E-state index is 0.100. The van der Waals surface area contributed by atoms with E-state index in [-0.39, 0.29) is 12.0 Å². The summed E-state index contributed by atoms with van der Waals surface area (Å²) < 4.78 is 6.73. The van der Waals surface area contributed by atoms with Gasteiger partial charge < -0.3 is 10.1 Å². The predicted octanol–water partition coefficient (Wildman–Crippen LogP) is 4.42. The van der Waals surface area contributed by atoms with Gasteiger partial charge in [0.1, 0.15) is 10.7 Å². The van der Waals surface area contributed by atoms with Crippen LogP contribution in [0.15, 0.2) is 54.6 Å². The highest BCUT2D eigenvalue weighted by Crippen LogP contribution is 2.31. The summed E-state index contributed by atoms with van der Waals surface area (Å²) >= 11 is 1.59. The third-order valence-corrected chi connectivity index (χ3v) is 6.05. The maximum atomic E-state index is 13.0. The zero-order valence-electron chi connectivity index (χ0n) is 15.2. The molecule has 28 heavy (non-hydrogen) atoms. The number of fused-ring (bicyclic) bond motifs is 2. The smallest absolute Gasteiger partial charge is 0.252 e. The van der Waals surface area contributed by atoms with Crippen LogP contribution in [0, 0.1) is 0 Å². The Morgan fingerprint density at radius 1 is 1.11 bits per heavy atom. The van der Waals surface area contributed by atoms with Gasteiger partial charge >= 0.3 is 0 Å². The molecule has 1 fully saturated rings. The first-order chi connectivity index (χ1) is 13.8. The highest BCUT2D eigenvalue weighted by molar-refractivity contribution is 7.21. The Hall–Kier alpha value is -2.83. The largest absolute Gasteiger partial charge is 0.376 e. The fourth-order valence-electron chi connectivity index (χ4n) is 3.56. The van der Waals surface area contributed by atoms with Crippen LogP contribution in [0.25, 0.3) is 31.8 Å². The van der Waals surface area contributed by atoms with E-state index in [1.807, 2.05) is 54.6 Å². The molecule has 1 atom stereocenters. The van der Waals surface area contributed by atoms with E-state index in [2.05, 4.69) is 5.32 Å². The average Bonchev–Trinajstić information content (AvgIpc) is 3.40. The standard InChI is InChI=1S/C22H19N3O2S/c26-21(23-13-14-6-5-11-27-14)16-12-19(24-17-8-2-1-7-15(16)17)22-25-18-9-3-4-10-20(18)28-22/h1-4,7-10,12,14H,5-6,11,13H2,(H,23,26)/t14-/m0/s1. The Morgan fingerprint density at radius 2 is 1.93 bits per heavy atom. The van der Waals surface area contributed by atoms with Crippen LogP contribution in [0.1, 0.15) is 23.2 Å². The first-order valence-electron chi connectivity index (χ1n) is 9.43. The van der Waals surface area contributed by atoms with E-state index in [0.717, 1.165) is 51.3 Å². The third kappa shape index (κ3) is 3.25. The Labute approximate surface area is 166 Å². The van der Waals surface area contributed by atoms with Crippen molar-refractivity contribution in [3.05, 3.63) is 60.2 Å². The molecule has 0 bridgehead atoms. The van der Waals surface area contributed by atoms with E-state index in [1.54, 1.807) is 11.3 Å². The van der Waals surface area contributed by atoms with Crippen molar-refractivity contribution < 1.29 is 9.53 Å². The SMILES string of the molecule is O=C(NC[C@@H]1CCCO1)c1cc(-c2nc3ccccc3s2)nc2ccccc12. The number of nitrogens with zero attached hydrogens (tertiary/aromatic N) is 2. The monoisotopic (exact) mass is 389 g/mol. The van der Waals surface area contributed by atoms with Gasteiger partial charge in [0.15, 0.2) is 0 Å². The van der Waals surface area contributed by atoms with E-state index in [9.17, 15) is 4.79 Å². The normalized spacial score (nSPS) is 16.6. The molecular weight excluding hydrogens is 370 g/mol. The molecule has 5 nitrogen and oxygen atoms in total. The fourth-order valence-corrected chi connectivity index (χ4v) is 4.49. The number of hydrogen-bond acceptors (Lipinski definition) is 5. The first kappa shape index (κ1) is 17.3. The number of para-hydroxylation sites is 2. The predicted molar refractivity (Wildman–Crippen MR) is 112 cm³/mol. The second kappa shape index (κ2) is 7.30. The summed E-state index contributed by atoms with van der Waals surface area (Å²) in [4.78, 5) is 22.4. The van der Waals surface area contributed by atoms with E-state index >= 15 is 0 Å². The highest BCUT2D eigenvalue weighted by atomic mass is 32.1. The van der Waals surface area contributed by atoms with Crippen LogP contribution < -0.4 is 5.32 Å². The third-order valence-electron chi connectivity index (χ3n) is 4.99. The van der Waals surface area contributed by atoms with Gasteiger partial charge in [0.05, 0.1) is 27.4 Å². The van der Waals surface area contributed by atoms with Gasteiger partial charge in [-0.05, 0) is 37.1 Å². The topological polar surface area (TPSA) is 64.1 Å². The first-order valence-corrected chi connectivity index (χ1v) is 10.2. The number of carbonyl (C=O) groups is 1. The summed E-state index contributed by atoms with van der Waals surface area (Å²) in [5.41, 5.74) is 3.09. The van der Waals surface area contributed by atoms with E-state index in [0.29, 0.717) is 12.1 Å². The van der Waals surface area contributed by atoms with Gasteiger partial charge in [0, 0.05) is 18.5 Å². The molecule has 0 saturated carbocycles. The number of rotatable bonds is 4. The summed E-state index contributed by atoms with van der Waals surface area (Å²) in [6, 6.07) is 17.6. The van der Waals surface area contributed by atoms with Crippen molar-refractivity contribution in [1.82, 2.24) is 15.3 Å². The van der Waals surface area contributed by atoms with E-state index in [1.165, 1.54) is 0 Å². The lowest BCUT2D eigenvalue weighted by molar-refractivity contribution is 0.0859. The Morgan fingerprint density at radius 3 is 2.75 bits per heavy atom. The molecule has 5 rings (SSSR count). The van der Waals surface area contributed by atoms with Crippen LogP contribution in [-0.2, 0) is 4.74 Å². The molecule has 2 aromatic carbocycles. The van der Waals surface area contributed by atoms with Crippen LogP contribution in [0.4, 0.5) is 0 Å². The molecule has 0 unspecified atom stereocenters. The van der Waals surface area contributed by atoms with Crippen molar-refractivity contribution >= 4 is 38.4 Å². The molecule has 0 aliphatic carbocycles. The van der Waals surface area contributed by atoms with Crippen LogP contribution in [-0.4, -0.2) is 35.1 Å². The van der Waals surface area contributed by atoms with Gasteiger partial charge in [-0.2, -0.15) is 0 Å².